The molecule has 1 amide bonds. The van der Waals surface area contributed by atoms with Crippen molar-refractivity contribution in [1.82, 2.24) is 10.6 Å². The second-order valence-electron chi connectivity index (χ2n) is 7.89. The number of halogens is 2. The fourth-order valence-electron chi connectivity index (χ4n) is 3.96. The third-order valence-corrected chi connectivity index (χ3v) is 5.81. The SMILES string of the molecule is CCOCCC1(CNC(=NC)NCC(Cc2ccc(F)cc2)C(N)=O)CCCC1.I. The molecule has 0 aromatic heterocycles. The third kappa shape index (κ3) is 8.75. The summed E-state index contributed by atoms with van der Waals surface area (Å²) in [5.41, 5.74) is 6.69. The van der Waals surface area contributed by atoms with Gasteiger partial charge in [-0.1, -0.05) is 25.0 Å². The van der Waals surface area contributed by atoms with E-state index in [0.29, 0.717) is 18.9 Å². The van der Waals surface area contributed by atoms with Gasteiger partial charge in [0.15, 0.2) is 5.96 Å². The Bertz CT molecular complexity index is 664. The Morgan fingerprint density at radius 3 is 2.50 bits per heavy atom. The molecule has 30 heavy (non-hydrogen) atoms. The maximum atomic E-state index is 13.1. The third-order valence-electron chi connectivity index (χ3n) is 5.81. The first-order valence-electron chi connectivity index (χ1n) is 10.5. The van der Waals surface area contributed by atoms with Crippen LogP contribution in [0.3, 0.4) is 0 Å². The molecular formula is C22H36FIN4O2. The number of guanidine groups is 1. The smallest absolute Gasteiger partial charge is 0.222 e. The number of nitrogens with zero attached hydrogens (tertiary/aromatic N) is 1. The molecule has 0 spiro atoms. The summed E-state index contributed by atoms with van der Waals surface area (Å²) in [4.78, 5) is 16.2. The minimum Gasteiger partial charge on any atom is -0.382 e. The van der Waals surface area contributed by atoms with E-state index in [1.807, 2.05) is 6.92 Å². The number of ether oxygens (including phenoxy) is 1. The fraction of sp³-hybridized carbons (Fsp3) is 0.636. The van der Waals surface area contributed by atoms with Gasteiger partial charge in [0.05, 0.1) is 5.92 Å². The molecule has 1 unspecified atom stereocenters. The highest BCUT2D eigenvalue weighted by atomic mass is 127. The number of nitrogens with one attached hydrogen (secondary N) is 2. The number of aliphatic imine (C=N–C) groups is 1. The molecule has 170 valence electrons. The van der Waals surface area contributed by atoms with E-state index in [9.17, 15) is 9.18 Å². The Balaban J connectivity index is 0.00000450. The molecule has 1 aromatic carbocycles. The maximum absolute atomic E-state index is 13.1. The summed E-state index contributed by atoms with van der Waals surface area (Å²) in [6.45, 7) is 4.75. The predicted octanol–water partition coefficient (Wildman–Crippen LogP) is 3.24. The minimum absolute atomic E-state index is 0. The summed E-state index contributed by atoms with van der Waals surface area (Å²) in [7, 11) is 1.72. The van der Waals surface area contributed by atoms with E-state index < -0.39 is 5.92 Å². The molecule has 1 aliphatic rings. The molecule has 0 bridgehead atoms. The molecule has 0 radical (unpaired) electrons. The average molecular weight is 534 g/mol. The predicted molar refractivity (Wildman–Crippen MR) is 130 cm³/mol. The molecule has 0 aliphatic heterocycles. The number of rotatable bonds is 11. The first kappa shape index (κ1) is 26.6. The Hall–Kier alpha value is -1.42. The molecule has 8 heteroatoms. The van der Waals surface area contributed by atoms with Gasteiger partial charge in [-0.3, -0.25) is 9.79 Å². The number of nitrogens with two attached hydrogens (primary N) is 1. The minimum atomic E-state index is -0.405. The van der Waals surface area contributed by atoms with Gasteiger partial charge in [-0.15, -0.1) is 24.0 Å². The zero-order chi connectivity index (χ0) is 21.1. The lowest BCUT2D eigenvalue weighted by Gasteiger charge is -2.30. The molecule has 1 atom stereocenters. The lowest BCUT2D eigenvalue weighted by Crippen LogP contribution is -2.46. The van der Waals surface area contributed by atoms with E-state index in [2.05, 4.69) is 15.6 Å². The number of carbonyl (C=O) groups excluding carboxylic acids is 1. The van der Waals surface area contributed by atoms with E-state index in [1.165, 1.54) is 37.8 Å². The highest BCUT2D eigenvalue weighted by Gasteiger charge is 2.33. The quantitative estimate of drug-likeness (QED) is 0.176. The van der Waals surface area contributed by atoms with Crippen LogP contribution in [0, 0.1) is 17.2 Å². The van der Waals surface area contributed by atoms with Crippen LogP contribution in [-0.4, -0.2) is 45.2 Å². The number of carbonyl (C=O) groups is 1. The van der Waals surface area contributed by atoms with Crippen LogP contribution in [0.5, 0.6) is 0 Å². The molecule has 1 aromatic rings. The number of amides is 1. The summed E-state index contributed by atoms with van der Waals surface area (Å²) >= 11 is 0. The molecule has 1 aliphatic carbocycles. The van der Waals surface area contributed by atoms with Gasteiger partial charge in [0.25, 0.3) is 0 Å². The summed E-state index contributed by atoms with van der Waals surface area (Å²) in [6, 6.07) is 6.15. The molecular weight excluding hydrogens is 498 g/mol. The largest absolute Gasteiger partial charge is 0.382 e. The summed E-state index contributed by atoms with van der Waals surface area (Å²) in [6.07, 6.45) is 6.39. The second-order valence-corrected chi connectivity index (χ2v) is 7.89. The Morgan fingerprint density at radius 2 is 1.93 bits per heavy atom. The molecule has 2 rings (SSSR count). The number of hydrogen-bond donors (Lipinski definition) is 3. The van der Waals surface area contributed by atoms with E-state index in [4.69, 9.17) is 10.5 Å². The van der Waals surface area contributed by atoms with E-state index >= 15 is 0 Å². The van der Waals surface area contributed by atoms with Crippen molar-refractivity contribution in [3.05, 3.63) is 35.6 Å². The van der Waals surface area contributed by atoms with Crippen LogP contribution in [0.2, 0.25) is 0 Å². The van der Waals surface area contributed by atoms with Crippen molar-refractivity contribution in [2.75, 3.05) is 33.4 Å². The zero-order valence-corrected chi connectivity index (χ0v) is 20.4. The van der Waals surface area contributed by atoms with Gasteiger partial charge in [-0.05, 0) is 55.7 Å². The number of primary amides is 1. The maximum Gasteiger partial charge on any atom is 0.222 e. The topological polar surface area (TPSA) is 88.7 Å². The Labute approximate surface area is 196 Å². The van der Waals surface area contributed by atoms with Gasteiger partial charge in [0.1, 0.15) is 5.82 Å². The van der Waals surface area contributed by atoms with Gasteiger partial charge in [0, 0.05) is 33.4 Å². The summed E-state index contributed by atoms with van der Waals surface area (Å²) < 4.78 is 18.7. The molecule has 1 fully saturated rings. The fourth-order valence-corrected chi connectivity index (χ4v) is 3.96. The van der Waals surface area contributed by atoms with Gasteiger partial charge in [0.2, 0.25) is 5.91 Å². The summed E-state index contributed by atoms with van der Waals surface area (Å²) in [5, 5.41) is 6.65. The molecule has 0 heterocycles. The van der Waals surface area contributed by atoms with Crippen molar-refractivity contribution in [3.63, 3.8) is 0 Å². The lowest BCUT2D eigenvalue weighted by molar-refractivity contribution is -0.121. The van der Waals surface area contributed by atoms with Crippen molar-refractivity contribution in [1.29, 1.82) is 0 Å². The monoisotopic (exact) mass is 534 g/mol. The highest BCUT2D eigenvalue weighted by molar-refractivity contribution is 14.0. The van der Waals surface area contributed by atoms with Gasteiger partial charge >= 0.3 is 0 Å². The molecule has 1 saturated carbocycles. The van der Waals surface area contributed by atoms with Crippen LogP contribution in [0.15, 0.2) is 29.3 Å². The van der Waals surface area contributed by atoms with Gasteiger partial charge < -0.3 is 21.1 Å². The van der Waals surface area contributed by atoms with Crippen LogP contribution in [0.4, 0.5) is 4.39 Å². The normalized spacial score (nSPS) is 16.6. The second kappa shape index (κ2) is 13.8. The summed E-state index contributed by atoms with van der Waals surface area (Å²) in [5.74, 6) is -0.422. The molecule has 4 N–H and O–H groups in total. The number of benzene rings is 1. The first-order valence-corrected chi connectivity index (χ1v) is 10.5. The van der Waals surface area contributed by atoms with Crippen molar-refractivity contribution < 1.29 is 13.9 Å². The van der Waals surface area contributed by atoms with Gasteiger partial charge in [-0.2, -0.15) is 0 Å². The zero-order valence-electron chi connectivity index (χ0n) is 18.1. The average Bonchev–Trinajstić information content (AvgIpc) is 3.17. The number of hydrogen-bond acceptors (Lipinski definition) is 3. The van der Waals surface area contributed by atoms with E-state index in [0.717, 1.165) is 31.7 Å². The van der Waals surface area contributed by atoms with Gasteiger partial charge in [-0.25, -0.2) is 4.39 Å². The highest BCUT2D eigenvalue weighted by Crippen LogP contribution is 2.40. The standard InChI is InChI=1S/C22H35FN4O2.HI/c1-3-29-13-12-22(10-4-5-11-22)16-27-21(25-2)26-15-18(20(24)28)14-17-6-8-19(23)9-7-17;/h6-9,18H,3-5,10-16H2,1-2H3,(H2,24,28)(H2,25,26,27);1H. The van der Waals surface area contributed by atoms with Crippen LogP contribution in [0.25, 0.3) is 0 Å². The van der Waals surface area contributed by atoms with Crippen LogP contribution in [-0.2, 0) is 16.0 Å². The van der Waals surface area contributed by atoms with Crippen LogP contribution < -0.4 is 16.4 Å². The van der Waals surface area contributed by atoms with Crippen molar-refractivity contribution in [2.45, 2.75) is 45.4 Å². The first-order chi connectivity index (χ1) is 14.0. The molecule has 6 nitrogen and oxygen atoms in total. The Kier molecular flexibility index (Phi) is 12.2. The van der Waals surface area contributed by atoms with Crippen LogP contribution in [0.1, 0.15) is 44.6 Å². The Morgan fingerprint density at radius 1 is 1.27 bits per heavy atom. The molecule has 0 saturated heterocycles. The van der Waals surface area contributed by atoms with E-state index in [1.54, 1.807) is 19.2 Å². The van der Waals surface area contributed by atoms with Crippen molar-refractivity contribution >= 4 is 35.8 Å². The van der Waals surface area contributed by atoms with E-state index in [-0.39, 0.29) is 41.1 Å². The van der Waals surface area contributed by atoms with Crippen LogP contribution >= 0.6 is 24.0 Å². The lowest BCUT2D eigenvalue weighted by atomic mass is 9.83. The van der Waals surface area contributed by atoms with Crippen molar-refractivity contribution in [3.8, 4) is 0 Å². The van der Waals surface area contributed by atoms with Crippen molar-refractivity contribution in [2.24, 2.45) is 22.1 Å².